The van der Waals surface area contributed by atoms with Gasteiger partial charge in [0.15, 0.2) is 0 Å². The van der Waals surface area contributed by atoms with Crippen molar-refractivity contribution in [2.75, 3.05) is 13.1 Å². The third-order valence-electron chi connectivity index (χ3n) is 1.08. The standard InChI is InChI=1S/C6H14NS.Sn/c1-3-5-7(8)6-4-2;/h3-6H2,1-2H3;/q-1;+1. The van der Waals surface area contributed by atoms with E-state index in [1.54, 1.807) is 21.1 Å². The molecule has 0 bridgehead atoms. The molecule has 0 atom stereocenters. The van der Waals surface area contributed by atoms with Gasteiger partial charge in [0.1, 0.15) is 0 Å². The average Bonchev–Trinajstić information content (AvgIpc) is 1.88. The van der Waals surface area contributed by atoms with Gasteiger partial charge in [-0.15, -0.1) is 0 Å². The van der Waals surface area contributed by atoms with Gasteiger partial charge in [0.2, 0.25) is 0 Å². The van der Waals surface area contributed by atoms with Gasteiger partial charge in [0.05, 0.1) is 0 Å². The van der Waals surface area contributed by atoms with Gasteiger partial charge in [-0.3, -0.25) is 0 Å². The molecule has 0 spiro atoms. The fourth-order valence-corrected chi connectivity index (χ4v) is 2.81. The van der Waals surface area contributed by atoms with Crippen LogP contribution in [0.3, 0.4) is 0 Å². The molecular formula is C6H14NSSn. The number of rotatable bonds is 5. The average molecular weight is 251 g/mol. The van der Waals surface area contributed by atoms with Crippen LogP contribution < -0.4 is 0 Å². The van der Waals surface area contributed by atoms with Crippen molar-refractivity contribution in [3.8, 4) is 0 Å². The van der Waals surface area contributed by atoms with Crippen molar-refractivity contribution in [2.45, 2.75) is 26.7 Å². The Balaban J connectivity index is 3.18. The van der Waals surface area contributed by atoms with Gasteiger partial charge in [0, 0.05) is 0 Å². The summed E-state index contributed by atoms with van der Waals surface area (Å²) in [6, 6.07) is 0. The predicted octanol–water partition coefficient (Wildman–Crippen LogP) is 1.84. The Bertz CT molecular complexity index is 55.0. The first kappa shape index (κ1) is 10.1. The van der Waals surface area contributed by atoms with Crippen molar-refractivity contribution >= 4 is 30.3 Å². The summed E-state index contributed by atoms with van der Waals surface area (Å²) >= 11 is 1.56. The maximum atomic E-state index is 2.44. The molecule has 53 valence electrons. The Morgan fingerprint density at radius 2 is 1.67 bits per heavy atom. The second kappa shape index (κ2) is 7.22. The molecular weight excluding hydrogens is 237 g/mol. The topological polar surface area (TPSA) is 3.24 Å². The minimum absolute atomic E-state index is 1.25. The molecule has 0 saturated carbocycles. The van der Waals surface area contributed by atoms with Crippen molar-refractivity contribution in [1.29, 1.82) is 0 Å². The Hall–Kier alpha value is 1.11. The molecule has 0 aliphatic rings. The van der Waals surface area contributed by atoms with Crippen LogP contribution in [0.2, 0.25) is 0 Å². The molecule has 0 aromatic rings. The Kier molecular flexibility index (Phi) is 8.11. The van der Waals surface area contributed by atoms with Crippen LogP contribution in [0.25, 0.3) is 0 Å². The molecule has 0 unspecified atom stereocenters. The number of hydrogen-bond acceptors (Lipinski definition) is 2. The van der Waals surface area contributed by atoms with Gasteiger partial charge < -0.3 is 0 Å². The van der Waals surface area contributed by atoms with Crippen molar-refractivity contribution in [3.63, 3.8) is 0 Å². The quantitative estimate of drug-likeness (QED) is 0.541. The summed E-state index contributed by atoms with van der Waals surface area (Å²) in [6.45, 7) is 6.97. The molecule has 0 aliphatic carbocycles. The Labute approximate surface area is 74.2 Å². The van der Waals surface area contributed by atoms with E-state index in [9.17, 15) is 0 Å². The molecule has 0 fully saturated rings. The summed E-state index contributed by atoms with van der Waals surface area (Å²) in [6.07, 6.45) is 2.56. The minimum atomic E-state index is 1.25. The summed E-state index contributed by atoms with van der Waals surface area (Å²) < 4.78 is 2.44. The summed E-state index contributed by atoms with van der Waals surface area (Å²) in [5, 5.41) is 0. The van der Waals surface area contributed by atoms with E-state index in [0.29, 0.717) is 0 Å². The van der Waals surface area contributed by atoms with Crippen LogP contribution in [0, 0.1) is 0 Å². The molecule has 0 aromatic heterocycles. The van der Waals surface area contributed by atoms with Gasteiger partial charge in [-0.05, 0) is 0 Å². The maximum absolute atomic E-state index is 2.44. The summed E-state index contributed by atoms with van der Waals surface area (Å²) in [5.41, 5.74) is 0. The molecule has 0 heterocycles. The molecule has 0 aliphatic heterocycles. The SMILES string of the molecule is CCCN(CCC)[S][Sn]. The van der Waals surface area contributed by atoms with Gasteiger partial charge in [0.25, 0.3) is 0 Å². The normalized spacial score (nSPS) is 10.7. The van der Waals surface area contributed by atoms with E-state index in [2.05, 4.69) is 18.2 Å². The molecule has 3 radical (unpaired) electrons. The number of hydrogen-bond donors (Lipinski definition) is 0. The third-order valence-corrected chi connectivity index (χ3v) is 3.91. The Morgan fingerprint density at radius 3 is 1.89 bits per heavy atom. The van der Waals surface area contributed by atoms with E-state index in [1.807, 2.05) is 9.13 Å². The molecule has 3 heteroatoms. The molecule has 0 rings (SSSR count). The van der Waals surface area contributed by atoms with E-state index in [0.717, 1.165) is 0 Å². The fourth-order valence-electron chi connectivity index (χ4n) is 0.702. The van der Waals surface area contributed by atoms with E-state index < -0.39 is 0 Å². The molecule has 0 aromatic carbocycles. The third kappa shape index (κ3) is 5.55. The van der Waals surface area contributed by atoms with E-state index in [-0.39, 0.29) is 0 Å². The van der Waals surface area contributed by atoms with E-state index in [1.165, 1.54) is 25.9 Å². The first-order valence-corrected chi connectivity index (χ1v) is 7.70. The van der Waals surface area contributed by atoms with Crippen molar-refractivity contribution in [1.82, 2.24) is 4.31 Å². The van der Waals surface area contributed by atoms with Crippen molar-refractivity contribution in [2.24, 2.45) is 0 Å². The zero-order valence-corrected chi connectivity index (χ0v) is 9.85. The molecule has 0 saturated heterocycles. The second-order valence-corrected chi connectivity index (χ2v) is 4.28. The van der Waals surface area contributed by atoms with Crippen LogP contribution in [0.4, 0.5) is 0 Å². The molecule has 0 N–H and O–H groups in total. The van der Waals surface area contributed by atoms with Crippen LogP contribution >= 0.6 is 9.13 Å². The van der Waals surface area contributed by atoms with Crippen LogP contribution in [0.5, 0.6) is 0 Å². The monoisotopic (exact) mass is 252 g/mol. The molecule has 0 amide bonds. The van der Waals surface area contributed by atoms with Crippen LogP contribution in [-0.2, 0) is 0 Å². The van der Waals surface area contributed by atoms with Gasteiger partial charge in [-0.2, -0.15) is 0 Å². The van der Waals surface area contributed by atoms with Crippen LogP contribution in [0.1, 0.15) is 26.7 Å². The van der Waals surface area contributed by atoms with Crippen molar-refractivity contribution in [3.05, 3.63) is 0 Å². The van der Waals surface area contributed by atoms with Gasteiger partial charge in [-0.25, -0.2) is 0 Å². The Morgan fingerprint density at radius 1 is 1.22 bits per heavy atom. The molecule has 1 nitrogen and oxygen atoms in total. The van der Waals surface area contributed by atoms with Gasteiger partial charge >= 0.3 is 74.4 Å². The van der Waals surface area contributed by atoms with Crippen LogP contribution in [-0.4, -0.2) is 38.5 Å². The first-order chi connectivity index (χ1) is 4.35. The summed E-state index contributed by atoms with van der Waals surface area (Å²) in [7, 11) is 1.94. The van der Waals surface area contributed by atoms with Crippen molar-refractivity contribution < 1.29 is 0 Å². The fraction of sp³-hybridized carbons (Fsp3) is 1.00. The van der Waals surface area contributed by atoms with E-state index >= 15 is 0 Å². The second-order valence-electron chi connectivity index (χ2n) is 2.02. The predicted molar refractivity (Wildman–Crippen MR) is 45.5 cm³/mol. The first-order valence-electron chi connectivity index (χ1n) is 3.43. The zero-order chi connectivity index (χ0) is 7.11. The van der Waals surface area contributed by atoms with Gasteiger partial charge in [-0.1, -0.05) is 0 Å². The molecule has 9 heavy (non-hydrogen) atoms. The summed E-state index contributed by atoms with van der Waals surface area (Å²) in [4.78, 5) is 0. The van der Waals surface area contributed by atoms with Crippen LogP contribution in [0.15, 0.2) is 0 Å². The zero-order valence-electron chi connectivity index (χ0n) is 6.18. The summed E-state index contributed by atoms with van der Waals surface area (Å²) in [5.74, 6) is 0. The van der Waals surface area contributed by atoms with E-state index in [4.69, 9.17) is 0 Å². The number of nitrogens with zero attached hydrogens (tertiary/aromatic N) is 1.